The Balaban J connectivity index is 2.52. The maximum Gasteiger partial charge on any atom is 0.251 e. The van der Waals surface area contributed by atoms with Crippen molar-refractivity contribution in [2.75, 3.05) is 0 Å². The van der Waals surface area contributed by atoms with E-state index in [4.69, 9.17) is 0 Å². The van der Waals surface area contributed by atoms with Crippen molar-refractivity contribution in [1.82, 2.24) is 4.98 Å². The van der Waals surface area contributed by atoms with Crippen molar-refractivity contribution in [3.8, 4) is 0 Å². The van der Waals surface area contributed by atoms with Crippen LogP contribution in [0.4, 0.5) is 0 Å². The molecule has 0 radical (unpaired) electrons. The number of para-hydroxylation sites is 1. The first-order valence-corrected chi connectivity index (χ1v) is 5.88. The summed E-state index contributed by atoms with van der Waals surface area (Å²) in [5.41, 5.74) is 2.63. The monoisotopic (exact) mass is 231 g/mol. The SMILES string of the molecule is Cc1c(CC[C@H](C)O)c(=O)[nH]c2ccccc12. The van der Waals surface area contributed by atoms with E-state index in [1.165, 1.54) is 0 Å². The van der Waals surface area contributed by atoms with Gasteiger partial charge in [-0.1, -0.05) is 18.2 Å². The molecule has 2 N–H and O–H groups in total. The Bertz CT molecular complexity index is 584. The van der Waals surface area contributed by atoms with E-state index < -0.39 is 0 Å². The Kier molecular flexibility index (Phi) is 3.29. The number of H-pyrrole nitrogens is 1. The zero-order chi connectivity index (χ0) is 12.4. The van der Waals surface area contributed by atoms with Gasteiger partial charge in [-0.3, -0.25) is 4.79 Å². The third-order valence-corrected chi connectivity index (χ3v) is 3.12. The Morgan fingerprint density at radius 1 is 1.35 bits per heavy atom. The molecular weight excluding hydrogens is 214 g/mol. The van der Waals surface area contributed by atoms with Crippen LogP contribution in [0.2, 0.25) is 0 Å². The van der Waals surface area contributed by atoms with Crippen LogP contribution in [-0.2, 0) is 6.42 Å². The summed E-state index contributed by atoms with van der Waals surface area (Å²) in [4.78, 5) is 14.8. The van der Waals surface area contributed by atoms with Gasteiger partial charge in [-0.05, 0) is 38.3 Å². The summed E-state index contributed by atoms with van der Waals surface area (Å²) in [5.74, 6) is 0. The first kappa shape index (κ1) is 11.9. The Morgan fingerprint density at radius 3 is 2.76 bits per heavy atom. The van der Waals surface area contributed by atoms with Crippen LogP contribution in [0.25, 0.3) is 10.9 Å². The molecule has 1 heterocycles. The maximum absolute atomic E-state index is 11.9. The van der Waals surface area contributed by atoms with Gasteiger partial charge in [-0.25, -0.2) is 0 Å². The maximum atomic E-state index is 11.9. The summed E-state index contributed by atoms with van der Waals surface area (Å²) in [6, 6.07) is 7.79. The number of rotatable bonds is 3. The van der Waals surface area contributed by atoms with Crippen molar-refractivity contribution in [3.05, 3.63) is 45.7 Å². The number of pyridine rings is 1. The molecule has 3 heteroatoms. The quantitative estimate of drug-likeness (QED) is 0.850. The van der Waals surface area contributed by atoms with Crippen LogP contribution in [0.1, 0.15) is 24.5 Å². The van der Waals surface area contributed by atoms with E-state index in [0.717, 1.165) is 22.0 Å². The average Bonchev–Trinajstić information content (AvgIpc) is 2.28. The number of hydrogen-bond donors (Lipinski definition) is 2. The van der Waals surface area contributed by atoms with Crippen LogP contribution in [0.15, 0.2) is 29.1 Å². The van der Waals surface area contributed by atoms with Crippen molar-refractivity contribution in [3.63, 3.8) is 0 Å². The van der Waals surface area contributed by atoms with E-state index in [0.29, 0.717) is 12.8 Å². The standard InChI is InChI=1S/C14H17NO2/c1-9(16)7-8-12-10(2)11-5-3-4-6-13(11)15-14(12)17/h3-6,9,16H,7-8H2,1-2H3,(H,15,17)/t9-/m0/s1. The molecule has 2 rings (SSSR count). The number of aliphatic hydroxyl groups is 1. The van der Waals surface area contributed by atoms with E-state index in [2.05, 4.69) is 4.98 Å². The second-order valence-corrected chi connectivity index (χ2v) is 4.49. The Labute approximate surface area is 100 Å². The minimum atomic E-state index is -0.375. The van der Waals surface area contributed by atoms with Crippen molar-refractivity contribution in [2.24, 2.45) is 0 Å². The molecule has 3 nitrogen and oxygen atoms in total. The van der Waals surface area contributed by atoms with E-state index in [1.54, 1.807) is 6.92 Å². The number of benzene rings is 1. The van der Waals surface area contributed by atoms with Crippen molar-refractivity contribution < 1.29 is 5.11 Å². The Hall–Kier alpha value is -1.61. The van der Waals surface area contributed by atoms with Gasteiger partial charge in [-0.15, -0.1) is 0 Å². The van der Waals surface area contributed by atoms with Crippen molar-refractivity contribution in [2.45, 2.75) is 32.8 Å². The Morgan fingerprint density at radius 2 is 2.06 bits per heavy atom. The molecule has 0 aliphatic heterocycles. The minimum absolute atomic E-state index is 0.0400. The summed E-state index contributed by atoms with van der Waals surface area (Å²) in [6.45, 7) is 3.71. The highest BCUT2D eigenvalue weighted by Gasteiger charge is 2.09. The van der Waals surface area contributed by atoms with Gasteiger partial charge in [0.05, 0.1) is 6.10 Å². The van der Waals surface area contributed by atoms with Gasteiger partial charge >= 0.3 is 0 Å². The molecule has 0 bridgehead atoms. The van der Waals surface area contributed by atoms with Crippen LogP contribution in [0.3, 0.4) is 0 Å². The molecule has 1 aromatic heterocycles. The van der Waals surface area contributed by atoms with Gasteiger partial charge in [-0.2, -0.15) is 0 Å². The molecule has 90 valence electrons. The van der Waals surface area contributed by atoms with E-state index >= 15 is 0 Å². The molecule has 0 unspecified atom stereocenters. The molecule has 1 aromatic carbocycles. The fourth-order valence-electron chi connectivity index (χ4n) is 2.10. The number of fused-ring (bicyclic) bond motifs is 1. The summed E-state index contributed by atoms with van der Waals surface area (Å²) in [6.07, 6.45) is 0.853. The normalized spacial score (nSPS) is 12.9. The van der Waals surface area contributed by atoms with Crippen LogP contribution in [0.5, 0.6) is 0 Å². The highest BCUT2D eigenvalue weighted by molar-refractivity contribution is 5.82. The molecule has 0 spiro atoms. The summed E-state index contributed by atoms with van der Waals surface area (Å²) < 4.78 is 0. The first-order valence-electron chi connectivity index (χ1n) is 5.88. The lowest BCUT2D eigenvalue weighted by Gasteiger charge is -2.09. The lowest BCUT2D eigenvalue weighted by atomic mass is 10.0. The zero-order valence-electron chi connectivity index (χ0n) is 10.2. The van der Waals surface area contributed by atoms with E-state index in [1.807, 2.05) is 31.2 Å². The van der Waals surface area contributed by atoms with Crippen molar-refractivity contribution >= 4 is 10.9 Å². The third-order valence-electron chi connectivity index (χ3n) is 3.12. The highest BCUT2D eigenvalue weighted by atomic mass is 16.3. The molecule has 0 saturated heterocycles. The summed E-state index contributed by atoms with van der Waals surface area (Å²) in [7, 11) is 0. The summed E-state index contributed by atoms with van der Waals surface area (Å²) >= 11 is 0. The average molecular weight is 231 g/mol. The largest absolute Gasteiger partial charge is 0.393 e. The van der Waals surface area contributed by atoms with Crippen LogP contribution in [-0.4, -0.2) is 16.2 Å². The molecule has 0 aliphatic rings. The smallest absolute Gasteiger partial charge is 0.251 e. The topological polar surface area (TPSA) is 53.1 Å². The fraction of sp³-hybridized carbons (Fsp3) is 0.357. The number of aromatic amines is 1. The molecule has 17 heavy (non-hydrogen) atoms. The predicted octanol–water partition coefficient (Wildman–Crippen LogP) is 2.15. The number of aryl methyl sites for hydroxylation is 1. The first-order chi connectivity index (χ1) is 8.09. The number of hydrogen-bond acceptors (Lipinski definition) is 2. The second-order valence-electron chi connectivity index (χ2n) is 4.49. The zero-order valence-corrected chi connectivity index (χ0v) is 10.2. The van der Waals surface area contributed by atoms with E-state index in [9.17, 15) is 9.90 Å². The second kappa shape index (κ2) is 4.72. The van der Waals surface area contributed by atoms with Gasteiger partial charge in [0.2, 0.25) is 0 Å². The minimum Gasteiger partial charge on any atom is -0.393 e. The lowest BCUT2D eigenvalue weighted by molar-refractivity contribution is 0.185. The third kappa shape index (κ3) is 2.39. The lowest BCUT2D eigenvalue weighted by Crippen LogP contribution is -2.16. The molecular formula is C14H17NO2. The number of aliphatic hydroxyl groups excluding tert-OH is 1. The van der Waals surface area contributed by atoms with Gasteiger partial charge < -0.3 is 10.1 Å². The van der Waals surface area contributed by atoms with Crippen LogP contribution >= 0.6 is 0 Å². The van der Waals surface area contributed by atoms with Crippen molar-refractivity contribution in [1.29, 1.82) is 0 Å². The van der Waals surface area contributed by atoms with Gasteiger partial charge in [0.1, 0.15) is 0 Å². The summed E-state index contributed by atoms with van der Waals surface area (Å²) in [5, 5.41) is 10.4. The van der Waals surface area contributed by atoms with Gasteiger partial charge in [0, 0.05) is 16.5 Å². The number of nitrogens with one attached hydrogen (secondary N) is 1. The fourth-order valence-corrected chi connectivity index (χ4v) is 2.10. The molecule has 0 fully saturated rings. The predicted molar refractivity (Wildman–Crippen MR) is 69.3 cm³/mol. The van der Waals surface area contributed by atoms with Gasteiger partial charge in [0.25, 0.3) is 5.56 Å². The molecule has 1 atom stereocenters. The highest BCUT2D eigenvalue weighted by Crippen LogP contribution is 2.18. The number of aromatic nitrogens is 1. The molecule has 0 amide bonds. The van der Waals surface area contributed by atoms with Crippen LogP contribution in [0, 0.1) is 6.92 Å². The van der Waals surface area contributed by atoms with E-state index in [-0.39, 0.29) is 11.7 Å². The molecule has 0 saturated carbocycles. The molecule has 2 aromatic rings. The molecule has 0 aliphatic carbocycles. The van der Waals surface area contributed by atoms with Gasteiger partial charge in [0.15, 0.2) is 0 Å². The van der Waals surface area contributed by atoms with Crippen LogP contribution < -0.4 is 5.56 Å².